The lowest BCUT2D eigenvalue weighted by molar-refractivity contribution is 0.407. The van der Waals surface area contributed by atoms with Crippen LogP contribution in [0.5, 0.6) is 5.75 Å². The number of methoxy groups -OCH3 is 1. The van der Waals surface area contributed by atoms with Crippen LogP contribution >= 0.6 is 43.2 Å². The summed E-state index contributed by atoms with van der Waals surface area (Å²) in [7, 11) is 1.76. The molecule has 0 saturated carbocycles. The quantitative estimate of drug-likeness (QED) is 0.534. The van der Waals surface area contributed by atoms with Crippen molar-refractivity contribution in [1.82, 2.24) is 0 Å². The van der Waals surface area contributed by atoms with E-state index in [0.29, 0.717) is 0 Å². The van der Waals surface area contributed by atoms with Gasteiger partial charge in [-0.2, -0.15) is 0 Å². The van der Waals surface area contributed by atoms with Gasteiger partial charge in [-0.3, -0.25) is 0 Å². The second-order valence-corrected chi connectivity index (χ2v) is 8.50. The van der Waals surface area contributed by atoms with Crippen molar-refractivity contribution in [2.24, 2.45) is 0 Å². The normalized spacial score (nSPS) is 15.1. The fourth-order valence-electron chi connectivity index (χ4n) is 3.07. The Morgan fingerprint density at radius 2 is 2.00 bits per heavy atom. The zero-order chi connectivity index (χ0) is 15.1. The van der Waals surface area contributed by atoms with Crippen LogP contribution in [-0.4, -0.2) is 7.11 Å². The Kier molecular flexibility index (Phi) is 4.49. The molecule has 0 aliphatic heterocycles. The summed E-state index contributed by atoms with van der Waals surface area (Å²) in [4.78, 5) is 3.15. The van der Waals surface area contributed by atoms with Crippen molar-refractivity contribution in [2.75, 3.05) is 7.11 Å². The molecule has 1 atom stereocenters. The number of benzene rings is 1. The molecule has 1 heterocycles. The van der Waals surface area contributed by atoms with E-state index in [1.54, 1.807) is 17.6 Å². The molecule has 4 heteroatoms. The molecular formula is C17H18Br2OS. The topological polar surface area (TPSA) is 9.23 Å². The molecule has 1 aliphatic rings. The Morgan fingerprint density at radius 3 is 2.67 bits per heavy atom. The summed E-state index contributed by atoms with van der Waals surface area (Å²) in [5, 5.41) is 0. The first-order valence-electron chi connectivity index (χ1n) is 7.12. The third-order valence-electron chi connectivity index (χ3n) is 4.18. The van der Waals surface area contributed by atoms with E-state index in [2.05, 4.69) is 57.8 Å². The number of ether oxygens (including phenoxy) is 1. The van der Waals surface area contributed by atoms with Crippen LogP contribution in [0.25, 0.3) is 0 Å². The summed E-state index contributed by atoms with van der Waals surface area (Å²) < 4.78 is 6.83. The summed E-state index contributed by atoms with van der Waals surface area (Å²) in [6, 6.07) is 4.51. The third kappa shape index (κ3) is 2.71. The van der Waals surface area contributed by atoms with Crippen molar-refractivity contribution in [3.8, 4) is 5.75 Å². The van der Waals surface area contributed by atoms with Crippen molar-refractivity contribution in [3.63, 3.8) is 0 Å². The van der Waals surface area contributed by atoms with Crippen LogP contribution in [0.1, 0.15) is 43.3 Å². The Morgan fingerprint density at radius 1 is 1.24 bits per heavy atom. The van der Waals surface area contributed by atoms with Crippen molar-refractivity contribution >= 4 is 43.2 Å². The highest BCUT2D eigenvalue weighted by molar-refractivity contribution is 9.10. The number of aryl methyl sites for hydroxylation is 3. The van der Waals surface area contributed by atoms with Gasteiger partial charge in [0, 0.05) is 19.8 Å². The largest absolute Gasteiger partial charge is 0.496 e. The minimum absolute atomic E-state index is 0.194. The van der Waals surface area contributed by atoms with E-state index in [1.807, 2.05) is 11.3 Å². The van der Waals surface area contributed by atoms with Gasteiger partial charge in [0.25, 0.3) is 0 Å². The van der Waals surface area contributed by atoms with Gasteiger partial charge in [-0.05, 0) is 61.9 Å². The average Bonchev–Trinajstić information content (AvgIpc) is 3.02. The van der Waals surface area contributed by atoms with Gasteiger partial charge < -0.3 is 4.74 Å². The molecule has 0 radical (unpaired) electrons. The van der Waals surface area contributed by atoms with Crippen molar-refractivity contribution in [2.45, 2.75) is 37.9 Å². The van der Waals surface area contributed by atoms with Crippen LogP contribution in [0.15, 0.2) is 16.6 Å². The summed E-state index contributed by atoms with van der Waals surface area (Å²) >= 11 is 9.53. The van der Waals surface area contributed by atoms with Gasteiger partial charge in [0.1, 0.15) is 5.75 Å². The molecule has 0 N–H and O–H groups in total. The number of hydrogen-bond acceptors (Lipinski definition) is 2. The lowest BCUT2D eigenvalue weighted by Gasteiger charge is -2.19. The van der Waals surface area contributed by atoms with E-state index in [-0.39, 0.29) is 4.83 Å². The Balaban J connectivity index is 2.10. The van der Waals surface area contributed by atoms with Crippen LogP contribution in [0.4, 0.5) is 0 Å². The average molecular weight is 430 g/mol. The molecule has 21 heavy (non-hydrogen) atoms. The van der Waals surface area contributed by atoms with Gasteiger partial charge in [0.2, 0.25) is 0 Å². The highest BCUT2D eigenvalue weighted by Crippen LogP contribution is 2.46. The SMILES string of the molecule is COc1c(C)cc(Br)c(C)c1C(Br)c1cc2c(s1)CCC2. The maximum Gasteiger partial charge on any atom is 0.126 e. The number of hydrogen-bond donors (Lipinski definition) is 0. The van der Waals surface area contributed by atoms with E-state index in [1.165, 1.54) is 40.8 Å². The minimum Gasteiger partial charge on any atom is -0.496 e. The van der Waals surface area contributed by atoms with Gasteiger partial charge in [-0.15, -0.1) is 11.3 Å². The molecule has 0 bridgehead atoms. The summed E-state index contributed by atoms with van der Waals surface area (Å²) in [6.07, 6.45) is 3.79. The second-order valence-electron chi connectivity index (χ2n) is 5.56. The number of alkyl halides is 1. The zero-order valence-electron chi connectivity index (χ0n) is 12.4. The molecule has 0 saturated heterocycles. The fourth-order valence-corrected chi connectivity index (χ4v) is 5.84. The first-order chi connectivity index (χ1) is 10.0. The Labute approximate surface area is 147 Å². The smallest absolute Gasteiger partial charge is 0.126 e. The van der Waals surface area contributed by atoms with Gasteiger partial charge in [-0.1, -0.05) is 31.9 Å². The van der Waals surface area contributed by atoms with E-state index in [9.17, 15) is 0 Å². The van der Waals surface area contributed by atoms with Crippen LogP contribution < -0.4 is 4.74 Å². The molecule has 0 spiro atoms. The molecule has 3 rings (SSSR count). The molecule has 2 aromatic rings. The first-order valence-corrected chi connectivity index (χ1v) is 9.64. The molecule has 0 amide bonds. The lowest BCUT2D eigenvalue weighted by Crippen LogP contribution is -2.02. The van der Waals surface area contributed by atoms with E-state index in [4.69, 9.17) is 4.74 Å². The molecule has 0 fully saturated rings. The predicted octanol–water partition coefficient (Wildman–Crippen LogP) is 6.11. The summed E-state index contributed by atoms with van der Waals surface area (Å²) in [5.74, 6) is 0.992. The highest BCUT2D eigenvalue weighted by atomic mass is 79.9. The predicted molar refractivity (Wildman–Crippen MR) is 97.3 cm³/mol. The number of halogens is 2. The third-order valence-corrected chi connectivity index (χ3v) is 7.56. The number of thiophene rings is 1. The maximum atomic E-state index is 5.69. The molecule has 1 aromatic heterocycles. The number of rotatable bonds is 3. The molecule has 1 aliphatic carbocycles. The van der Waals surface area contributed by atoms with Crippen LogP contribution in [0.3, 0.4) is 0 Å². The van der Waals surface area contributed by atoms with Gasteiger partial charge in [0.15, 0.2) is 0 Å². The summed E-state index contributed by atoms with van der Waals surface area (Å²) in [5.41, 5.74) is 5.19. The monoisotopic (exact) mass is 428 g/mol. The van der Waals surface area contributed by atoms with E-state index < -0.39 is 0 Å². The minimum atomic E-state index is 0.194. The molecule has 112 valence electrons. The van der Waals surface area contributed by atoms with Gasteiger partial charge in [-0.25, -0.2) is 0 Å². The maximum absolute atomic E-state index is 5.69. The standard InChI is InChI=1S/C17H18Br2OS/c1-9-7-12(18)10(2)15(17(9)20-3)16(19)14-8-11-5-4-6-13(11)21-14/h7-8,16H,4-6H2,1-3H3. The van der Waals surface area contributed by atoms with Gasteiger partial charge in [0.05, 0.1) is 11.9 Å². The molecular weight excluding hydrogens is 412 g/mol. The second kappa shape index (κ2) is 6.05. The first kappa shape index (κ1) is 15.6. The fraction of sp³-hybridized carbons (Fsp3) is 0.412. The Hall–Kier alpha value is -0.320. The van der Waals surface area contributed by atoms with Crippen LogP contribution in [0, 0.1) is 13.8 Å². The van der Waals surface area contributed by atoms with Crippen LogP contribution in [-0.2, 0) is 12.8 Å². The van der Waals surface area contributed by atoms with Crippen LogP contribution in [0.2, 0.25) is 0 Å². The number of fused-ring (bicyclic) bond motifs is 1. The van der Waals surface area contributed by atoms with Gasteiger partial charge >= 0.3 is 0 Å². The van der Waals surface area contributed by atoms with E-state index >= 15 is 0 Å². The van der Waals surface area contributed by atoms with Crippen molar-refractivity contribution in [1.29, 1.82) is 0 Å². The van der Waals surface area contributed by atoms with Crippen molar-refractivity contribution in [3.05, 3.63) is 48.6 Å². The molecule has 1 unspecified atom stereocenters. The van der Waals surface area contributed by atoms with E-state index in [0.717, 1.165) is 10.2 Å². The molecule has 1 aromatic carbocycles. The molecule has 1 nitrogen and oxygen atoms in total. The lowest BCUT2D eigenvalue weighted by atomic mass is 10.00. The Bertz CT molecular complexity index is 669. The zero-order valence-corrected chi connectivity index (χ0v) is 16.4. The van der Waals surface area contributed by atoms with Crippen molar-refractivity contribution < 1.29 is 4.74 Å². The summed E-state index contributed by atoms with van der Waals surface area (Å²) in [6.45, 7) is 4.25. The highest BCUT2D eigenvalue weighted by Gasteiger charge is 2.25.